The van der Waals surface area contributed by atoms with E-state index in [1.54, 1.807) is 4.90 Å². The Morgan fingerprint density at radius 3 is 2.10 bits per heavy atom. The highest BCUT2D eigenvalue weighted by Gasteiger charge is 2.29. The topological polar surface area (TPSA) is 49.4 Å². The normalized spacial score (nSPS) is 12.9. The molecule has 0 radical (unpaired) electrons. The molecule has 4 nitrogen and oxygen atoms in total. The molecule has 0 saturated heterocycles. The molecule has 0 aliphatic heterocycles. The van der Waals surface area contributed by atoms with Gasteiger partial charge in [0.2, 0.25) is 11.8 Å². The molecule has 0 aliphatic rings. The maximum atomic E-state index is 13.3. The second kappa shape index (κ2) is 10.8. The Bertz CT molecular complexity index is 797. The Morgan fingerprint density at radius 2 is 1.55 bits per heavy atom. The minimum atomic E-state index is -0.484. The van der Waals surface area contributed by atoms with Crippen LogP contribution < -0.4 is 5.32 Å². The molecule has 2 aromatic carbocycles. The number of nitrogens with zero attached hydrogens (tertiary/aromatic N) is 1. The quantitative estimate of drug-likeness (QED) is 0.677. The summed E-state index contributed by atoms with van der Waals surface area (Å²) in [6.45, 7) is 10.5. The van der Waals surface area contributed by atoms with E-state index in [0.717, 1.165) is 28.7 Å². The van der Waals surface area contributed by atoms with E-state index >= 15 is 0 Å². The predicted molar refractivity (Wildman–Crippen MR) is 119 cm³/mol. The first-order valence-electron chi connectivity index (χ1n) is 10.5. The first-order valence-corrected chi connectivity index (χ1v) is 10.5. The second-order valence-corrected chi connectivity index (χ2v) is 7.92. The molecule has 2 rings (SSSR count). The predicted octanol–water partition coefficient (Wildman–Crippen LogP) is 4.57. The summed E-state index contributed by atoms with van der Waals surface area (Å²) in [7, 11) is 0. The minimum absolute atomic E-state index is 0.0231. The summed E-state index contributed by atoms with van der Waals surface area (Å²) in [5, 5.41) is 3.05. The van der Waals surface area contributed by atoms with Crippen LogP contribution in [0.1, 0.15) is 55.9 Å². The van der Waals surface area contributed by atoms with E-state index in [1.807, 2.05) is 77.1 Å². The number of nitrogens with one attached hydrogen (secondary N) is 1. The van der Waals surface area contributed by atoms with Crippen molar-refractivity contribution in [2.24, 2.45) is 0 Å². The van der Waals surface area contributed by atoms with Crippen LogP contribution in [-0.2, 0) is 22.6 Å². The molecule has 29 heavy (non-hydrogen) atoms. The lowest BCUT2D eigenvalue weighted by Gasteiger charge is -2.31. The van der Waals surface area contributed by atoms with Gasteiger partial charge in [-0.25, -0.2) is 0 Å². The van der Waals surface area contributed by atoms with Gasteiger partial charge in [0.1, 0.15) is 6.04 Å². The Balaban J connectivity index is 2.29. The minimum Gasteiger partial charge on any atom is -0.352 e. The lowest BCUT2D eigenvalue weighted by atomic mass is 10.0. The fraction of sp³-hybridized carbons (Fsp3) is 0.440. The summed E-state index contributed by atoms with van der Waals surface area (Å²) in [4.78, 5) is 28.0. The fourth-order valence-electron chi connectivity index (χ4n) is 3.59. The number of benzene rings is 2. The number of amides is 2. The summed E-state index contributed by atoms with van der Waals surface area (Å²) >= 11 is 0. The van der Waals surface area contributed by atoms with Crippen LogP contribution in [0.3, 0.4) is 0 Å². The number of carbonyl (C=O) groups is 2. The number of carbonyl (C=O) groups excluding carboxylic acids is 2. The average molecular weight is 395 g/mol. The van der Waals surface area contributed by atoms with Crippen LogP contribution in [-0.4, -0.2) is 28.8 Å². The zero-order chi connectivity index (χ0) is 21.4. The molecule has 2 amide bonds. The van der Waals surface area contributed by atoms with Crippen LogP contribution >= 0.6 is 0 Å². The van der Waals surface area contributed by atoms with E-state index in [2.05, 4.69) is 11.4 Å². The maximum Gasteiger partial charge on any atom is 0.243 e. The molecule has 2 aromatic rings. The molecule has 0 saturated carbocycles. The smallest absolute Gasteiger partial charge is 0.243 e. The maximum absolute atomic E-state index is 13.3. The molecule has 2 unspecified atom stereocenters. The first-order chi connectivity index (χ1) is 13.8. The summed E-state index contributed by atoms with van der Waals surface area (Å²) in [6.07, 6.45) is 1.73. The van der Waals surface area contributed by atoms with Gasteiger partial charge in [0.15, 0.2) is 0 Å². The van der Waals surface area contributed by atoms with Gasteiger partial charge in [-0.2, -0.15) is 0 Å². The van der Waals surface area contributed by atoms with Gasteiger partial charge in [-0.1, -0.05) is 73.5 Å². The van der Waals surface area contributed by atoms with E-state index in [0.29, 0.717) is 19.4 Å². The van der Waals surface area contributed by atoms with Gasteiger partial charge in [0.25, 0.3) is 0 Å². The third-order valence-corrected chi connectivity index (χ3v) is 5.22. The highest BCUT2D eigenvalue weighted by atomic mass is 16.2. The van der Waals surface area contributed by atoms with Crippen molar-refractivity contribution in [2.75, 3.05) is 0 Å². The molecule has 0 bridgehead atoms. The Labute approximate surface area is 175 Å². The van der Waals surface area contributed by atoms with Gasteiger partial charge >= 0.3 is 0 Å². The third kappa shape index (κ3) is 6.74. The van der Waals surface area contributed by atoms with Gasteiger partial charge in [0, 0.05) is 12.6 Å². The lowest BCUT2D eigenvalue weighted by molar-refractivity contribution is -0.141. The van der Waals surface area contributed by atoms with Crippen molar-refractivity contribution >= 4 is 11.8 Å². The van der Waals surface area contributed by atoms with Crippen molar-refractivity contribution in [1.29, 1.82) is 0 Å². The van der Waals surface area contributed by atoms with Gasteiger partial charge < -0.3 is 10.2 Å². The van der Waals surface area contributed by atoms with E-state index in [1.165, 1.54) is 0 Å². The highest BCUT2D eigenvalue weighted by Crippen LogP contribution is 2.16. The molecule has 2 atom stereocenters. The molecule has 0 aliphatic carbocycles. The molecule has 4 heteroatoms. The fourth-order valence-corrected chi connectivity index (χ4v) is 3.59. The Morgan fingerprint density at radius 1 is 0.931 bits per heavy atom. The molecule has 0 heterocycles. The third-order valence-electron chi connectivity index (χ3n) is 5.22. The van der Waals surface area contributed by atoms with Crippen LogP contribution in [0.2, 0.25) is 0 Å². The SMILES string of the molecule is CCC(C)NC(=O)C(CC)N(Cc1ccccc1)C(=O)Cc1cc(C)cc(C)c1. The number of hydrogen-bond donors (Lipinski definition) is 1. The van der Waals surface area contributed by atoms with E-state index in [-0.39, 0.29) is 17.9 Å². The molecule has 1 N–H and O–H groups in total. The van der Waals surface area contributed by atoms with Crippen molar-refractivity contribution < 1.29 is 9.59 Å². The zero-order valence-corrected chi connectivity index (χ0v) is 18.4. The largest absolute Gasteiger partial charge is 0.352 e. The number of rotatable bonds is 9. The Hall–Kier alpha value is -2.62. The summed E-state index contributed by atoms with van der Waals surface area (Å²) < 4.78 is 0. The second-order valence-electron chi connectivity index (χ2n) is 7.92. The van der Waals surface area contributed by atoms with Crippen molar-refractivity contribution in [1.82, 2.24) is 10.2 Å². The standard InChI is InChI=1S/C25H34N2O2/c1-6-20(5)26-25(29)23(7-2)27(17-21-11-9-8-10-12-21)24(28)16-22-14-18(3)13-19(4)15-22/h8-15,20,23H,6-7,16-17H2,1-5H3,(H,26,29). The molecule has 0 fully saturated rings. The van der Waals surface area contributed by atoms with E-state index in [9.17, 15) is 9.59 Å². The molecular formula is C25H34N2O2. The van der Waals surface area contributed by atoms with Gasteiger partial charge in [-0.15, -0.1) is 0 Å². The average Bonchev–Trinajstić information content (AvgIpc) is 2.67. The number of aryl methyl sites for hydroxylation is 2. The van der Waals surface area contributed by atoms with Crippen LogP contribution in [0.5, 0.6) is 0 Å². The Kier molecular flexibility index (Phi) is 8.44. The highest BCUT2D eigenvalue weighted by molar-refractivity contribution is 5.88. The van der Waals surface area contributed by atoms with E-state index in [4.69, 9.17) is 0 Å². The van der Waals surface area contributed by atoms with Crippen LogP contribution in [0.15, 0.2) is 48.5 Å². The van der Waals surface area contributed by atoms with Gasteiger partial charge in [0.05, 0.1) is 6.42 Å². The van der Waals surface area contributed by atoms with Crippen molar-refractivity contribution in [3.8, 4) is 0 Å². The van der Waals surface area contributed by atoms with Gasteiger partial charge in [-0.3, -0.25) is 9.59 Å². The molecular weight excluding hydrogens is 360 g/mol. The van der Waals surface area contributed by atoms with E-state index < -0.39 is 6.04 Å². The van der Waals surface area contributed by atoms with Crippen LogP contribution in [0.4, 0.5) is 0 Å². The lowest BCUT2D eigenvalue weighted by Crippen LogP contribution is -2.51. The monoisotopic (exact) mass is 394 g/mol. The summed E-state index contributed by atoms with van der Waals surface area (Å²) in [6, 6.07) is 15.7. The summed E-state index contributed by atoms with van der Waals surface area (Å²) in [5.74, 6) is -0.100. The molecule has 0 spiro atoms. The van der Waals surface area contributed by atoms with Crippen LogP contribution in [0, 0.1) is 13.8 Å². The van der Waals surface area contributed by atoms with Crippen molar-refractivity contribution in [3.05, 3.63) is 70.8 Å². The van der Waals surface area contributed by atoms with Gasteiger partial charge in [-0.05, 0) is 44.7 Å². The zero-order valence-electron chi connectivity index (χ0n) is 18.4. The van der Waals surface area contributed by atoms with Crippen molar-refractivity contribution in [2.45, 2.75) is 72.5 Å². The first kappa shape index (κ1) is 22.7. The van der Waals surface area contributed by atoms with Crippen LogP contribution in [0.25, 0.3) is 0 Å². The summed E-state index contributed by atoms with van der Waals surface area (Å²) in [5.41, 5.74) is 4.30. The molecule has 0 aromatic heterocycles. The number of hydrogen-bond acceptors (Lipinski definition) is 2. The van der Waals surface area contributed by atoms with Crippen molar-refractivity contribution in [3.63, 3.8) is 0 Å². The molecule has 156 valence electrons.